The fraction of sp³-hybridized carbons (Fsp3) is 0.250. The molecular formula is C12H11BN2O2. The average Bonchev–Trinajstić information content (AvgIpc) is 2.28. The third-order valence-corrected chi connectivity index (χ3v) is 2.82. The Morgan fingerprint density at radius 3 is 2.94 bits per heavy atom. The lowest BCUT2D eigenvalue weighted by molar-refractivity contribution is -0.121. The van der Waals surface area contributed by atoms with Crippen molar-refractivity contribution in [2.45, 2.75) is 19.3 Å². The Hall–Kier alpha value is -1.91. The van der Waals surface area contributed by atoms with E-state index in [1.807, 2.05) is 6.07 Å². The molecule has 1 aromatic heterocycles. The summed E-state index contributed by atoms with van der Waals surface area (Å²) >= 11 is 0. The first-order chi connectivity index (χ1) is 8.09. The molecule has 1 aromatic rings. The third kappa shape index (κ3) is 2.28. The standard InChI is InChI=1S/C12H11BN2O2/c1-7-11(12(13)17)9(5-10(16)15-7)8-3-2-4-14-6-8/h2-4,6,9H,5H2,1H3,(H,15,16). The van der Waals surface area contributed by atoms with E-state index in [4.69, 9.17) is 7.85 Å². The van der Waals surface area contributed by atoms with Gasteiger partial charge < -0.3 is 10.1 Å². The number of carbonyl (C=O) groups excluding carboxylic acids is 2. The van der Waals surface area contributed by atoms with Crippen LogP contribution in [0.5, 0.6) is 0 Å². The minimum Gasteiger partial charge on any atom is -0.330 e. The van der Waals surface area contributed by atoms with Gasteiger partial charge in [-0.3, -0.25) is 9.78 Å². The molecule has 0 spiro atoms. The molecule has 0 saturated carbocycles. The molecule has 1 N–H and O–H groups in total. The van der Waals surface area contributed by atoms with Gasteiger partial charge in [0.2, 0.25) is 5.91 Å². The molecule has 4 nitrogen and oxygen atoms in total. The molecule has 2 heterocycles. The van der Waals surface area contributed by atoms with Crippen molar-refractivity contribution >= 4 is 19.4 Å². The molecule has 1 atom stereocenters. The SMILES string of the molecule is [B]C(=O)C1=C(C)NC(=O)CC1c1cccnc1. The molecule has 17 heavy (non-hydrogen) atoms. The second-order valence-electron chi connectivity index (χ2n) is 3.99. The Labute approximate surface area is 101 Å². The number of rotatable bonds is 2. The van der Waals surface area contributed by atoms with E-state index < -0.39 is 5.68 Å². The topological polar surface area (TPSA) is 59.1 Å². The molecule has 2 radical (unpaired) electrons. The smallest absolute Gasteiger partial charge is 0.225 e. The van der Waals surface area contributed by atoms with Gasteiger partial charge in [-0.15, -0.1) is 0 Å². The Balaban J connectivity index is 2.47. The second-order valence-corrected chi connectivity index (χ2v) is 3.99. The Bertz CT molecular complexity index is 496. The lowest BCUT2D eigenvalue weighted by Crippen LogP contribution is -2.33. The van der Waals surface area contributed by atoms with Gasteiger partial charge in [-0.2, -0.15) is 0 Å². The fourth-order valence-corrected chi connectivity index (χ4v) is 2.10. The van der Waals surface area contributed by atoms with Crippen molar-refractivity contribution in [2.24, 2.45) is 0 Å². The van der Waals surface area contributed by atoms with Crippen LogP contribution in [0.3, 0.4) is 0 Å². The maximum absolute atomic E-state index is 11.5. The number of aromatic nitrogens is 1. The van der Waals surface area contributed by atoms with Gasteiger partial charge in [0, 0.05) is 36.0 Å². The fourth-order valence-electron chi connectivity index (χ4n) is 2.10. The van der Waals surface area contributed by atoms with Crippen molar-refractivity contribution in [2.75, 3.05) is 0 Å². The summed E-state index contributed by atoms with van der Waals surface area (Å²) in [5.74, 6) is -0.406. The van der Waals surface area contributed by atoms with Crippen LogP contribution in [0.25, 0.3) is 0 Å². The van der Waals surface area contributed by atoms with E-state index in [9.17, 15) is 9.59 Å². The summed E-state index contributed by atoms with van der Waals surface area (Å²) in [6, 6.07) is 3.61. The highest BCUT2D eigenvalue weighted by Gasteiger charge is 2.29. The van der Waals surface area contributed by atoms with Gasteiger partial charge in [0.25, 0.3) is 0 Å². The van der Waals surface area contributed by atoms with Crippen molar-refractivity contribution in [1.82, 2.24) is 10.3 Å². The number of hydrogen-bond acceptors (Lipinski definition) is 3. The van der Waals surface area contributed by atoms with Gasteiger partial charge in [-0.1, -0.05) is 6.07 Å². The van der Waals surface area contributed by atoms with E-state index in [2.05, 4.69) is 10.3 Å². The monoisotopic (exact) mass is 226 g/mol. The van der Waals surface area contributed by atoms with Crippen LogP contribution in [0, 0.1) is 0 Å². The molecule has 1 aliphatic heterocycles. The lowest BCUT2D eigenvalue weighted by atomic mass is 9.78. The number of hydrogen-bond donors (Lipinski definition) is 1. The number of allylic oxidation sites excluding steroid dienone is 2. The normalized spacial score (nSPS) is 20.1. The molecule has 0 fully saturated rings. The highest BCUT2D eigenvalue weighted by atomic mass is 16.2. The number of nitrogens with one attached hydrogen (secondary N) is 1. The first-order valence-electron chi connectivity index (χ1n) is 5.30. The summed E-state index contributed by atoms with van der Waals surface area (Å²) in [4.78, 5) is 27.0. The van der Waals surface area contributed by atoms with Crippen LogP contribution in [0.1, 0.15) is 24.8 Å². The zero-order valence-corrected chi connectivity index (χ0v) is 9.43. The van der Waals surface area contributed by atoms with Crippen LogP contribution in [-0.4, -0.2) is 24.4 Å². The van der Waals surface area contributed by atoms with E-state index in [0.717, 1.165) is 5.56 Å². The van der Waals surface area contributed by atoms with Crippen molar-refractivity contribution in [3.63, 3.8) is 0 Å². The van der Waals surface area contributed by atoms with Gasteiger partial charge in [-0.25, -0.2) is 0 Å². The zero-order valence-electron chi connectivity index (χ0n) is 9.43. The predicted molar refractivity (Wildman–Crippen MR) is 63.2 cm³/mol. The number of carbonyl (C=O) groups is 2. The molecular weight excluding hydrogens is 215 g/mol. The molecule has 1 aliphatic rings. The van der Waals surface area contributed by atoms with Gasteiger partial charge >= 0.3 is 0 Å². The molecule has 5 heteroatoms. The summed E-state index contributed by atoms with van der Waals surface area (Å²) in [5, 5.41) is 2.63. The summed E-state index contributed by atoms with van der Waals surface area (Å²) in [7, 11) is 5.36. The number of pyridine rings is 1. The van der Waals surface area contributed by atoms with E-state index >= 15 is 0 Å². The van der Waals surface area contributed by atoms with E-state index in [1.54, 1.807) is 25.4 Å². The van der Waals surface area contributed by atoms with Crippen molar-refractivity contribution in [1.29, 1.82) is 0 Å². The minimum absolute atomic E-state index is 0.110. The highest BCUT2D eigenvalue weighted by molar-refractivity contribution is 6.62. The molecule has 2 rings (SSSR count). The van der Waals surface area contributed by atoms with E-state index in [-0.39, 0.29) is 18.2 Å². The largest absolute Gasteiger partial charge is 0.330 e. The van der Waals surface area contributed by atoms with E-state index in [1.165, 1.54) is 0 Å². The number of amides is 1. The van der Waals surface area contributed by atoms with Crippen LogP contribution in [0.4, 0.5) is 0 Å². The Morgan fingerprint density at radius 1 is 1.59 bits per heavy atom. The number of nitrogens with zero attached hydrogens (tertiary/aromatic N) is 1. The molecule has 0 aromatic carbocycles. The third-order valence-electron chi connectivity index (χ3n) is 2.82. The van der Waals surface area contributed by atoms with E-state index in [0.29, 0.717) is 11.3 Å². The first-order valence-corrected chi connectivity index (χ1v) is 5.30. The Morgan fingerprint density at radius 2 is 2.35 bits per heavy atom. The first kappa shape index (κ1) is 11.6. The molecule has 0 saturated heterocycles. The Kier molecular flexibility index (Phi) is 3.09. The maximum atomic E-state index is 11.5. The van der Waals surface area contributed by atoms with Gasteiger partial charge in [-0.05, 0) is 18.6 Å². The highest BCUT2D eigenvalue weighted by Crippen LogP contribution is 2.31. The van der Waals surface area contributed by atoms with Crippen molar-refractivity contribution in [3.8, 4) is 0 Å². The lowest BCUT2D eigenvalue weighted by Gasteiger charge is -2.26. The maximum Gasteiger partial charge on any atom is 0.225 e. The predicted octanol–water partition coefficient (Wildman–Crippen LogP) is 0.654. The summed E-state index contributed by atoms with van der Waals surface area (Å²) in [5.41, 5.74) is 1.31. The van der Waals surface area contributed by atoms with Crippen LogP contribution >= 0.6 is 0 Å². The summed E-state index contributed by atoms with van der Waals surface area (Å²) < 4.78 is 0. The molecule has 84 valence electrons. The van der Waals surface area contributed by atoms with Crippen LogP contribution < -0.4 is 5.32 Å². The van der Waals surface area contributed by atoms with Crippen LogP contribution in [0.2, 0.25) is 0 Å². The van der Waals surface area contributed by atoms with Gasteiger partial charge in [0.15, 0.2) is 7.85 Å². The second kappa shape index (κ2) is 4.53. The minimum atomic E-state index is -0.503. The molecule has 0 bridgehead atoms. The molecule has 1 unspecified atom stereocenters. The van der Waals surface area contributed by atoms with Crippen molar-refractivity contribution < 1.29 is 9.59 Å². The van der Waals surface area contributed by atoms with Gasteiger partial charge in [0.1, 0.15) is 5.68 Å². The van der Waals surface area contributed by atoms with Crippen LogP contribution in [0.15, 0.2) is 35.8 Å². The zero-order chi connectivity index (χ0) is 12.4. The quantitative estimate of drug-likeness (QED) is 0.753. The summed E-state index contributed by atoms with van der Waals surface area (Å²) in [6.07, 6.45) is 3.52. The van der Waals surface area contributed by atoms with Crippen LogP contribution in [-0.2, 0) is 9.59 Å². The molecule has 1 amide bonds. The van der Waals surface area contributed by atoms with Crippen molar-refractivity contribution in [3.05, 3.63) is 41.4 Å². The molecule has 0 aliphatic carbocycles. The van der Waals surface area contributed by atoms with Gasteiger partial charge in [0.05, 0.1) is 0 Å². The average molecular weight is 226 g/mol. The summed E-state index contributed by atoms with van der Waals surface area (Å²) in [6.45, 7) is 1.68.